The number of nitrogens with zero attached hydrogens (tertiary/aromatic N) is 2. The van der Waals surface area contributed by atoms with Crippen LogP contribution in [0.5, 0.6) is 0 Å². The standard InChI is InChI=1S/C16H19N3S/c1-11-10-20-16-18-13(3)15(19(11)16)9-17-12(2)14-7-5-4-6-8-14/h4-8,10,12,17H,9H2,1-3H3/t12-/m0/s1. The van der Waals surface area contributed by atoms with Gasteiger partial charge in [-0.15, -0.1) is 11.3 Å². The second-order valence-electron chi connectivity index (χ2n) is 5.15. The zero-order chi connectivity index (χ0) is 14.1. The van der Waals surface area contributed by atoms with Gasteiger partial charge < -0.3 is 5.32 Å². The Balaban J connectivity index is 1.80. The van der Waals surface area contributed by atoms with Crippen molar-refractivity contribution in [2.24, 2.45) is 0 Å². The van der Waals surface area contributed by atoms with Gasteiger partial charge in [-0.2, -0.15) is 0 Å². The molecule has 0 unspecified atom stereocenters. The maximum atomic E-state index is 4.63. The fourth-order valence-corrected chi connectivity index (χ4v) is 3.42. The van der Waals surface area contributed by atoms with Crippen molar-refractivity contribution in [2.45, 2.75) is 33.4 Å². The quantitative estimate of drug-likeness (QED) is 0.788. The van der Waals surface area contributed by atoms with Crippen molar-refractivity contribution < 1.29 is 0 Å². The van der Waals surface area contributed by atoms with E-state index in [1.165, 1.54) is 17.0 Å². The van der Waals surface area contributed by atoms with Gasteiger partial charge in [0.25, 0.3) is 0 Å². The van der Waals surface area contributed by atoms with E-state index >= 15 is 0 Å². The van der Waals surface area contributed by atoms with Crippen LogP contribution in [0.25, 0.3) is 4.96 Å². The van der Waals surface area contributed by atoms with Crippen molar-refractivity contribution in [1.82, 2.24) is 14.7 Å². The van der Waals surface area contributed by atoms with Gasteiger partial charge in [0.15, 0.2) is 4.96 Å². The first kappa shape index (κ1) is 13.3. The number of thiazole rings is 1. The number of aromatic nitrogens is 2. The summed E-state index contributed by atoms with van der Waals surface area (Å²) >= 11 is 1.70. The number of imidazole rings is 1. The van der Waals surface area contributed by atoms with Crippen LogP contribution in [0.4, 0.5) is 0 Å². The lowest BCUT2D eigenvalue weighted by molar-refractivity contribution is 0.564. The molecule has 0 aliphatic rings. The Morgan fingerprint density at radius 1 is 1.25 bits per heavy atom. The molecule has 0 bridgehead atoms. The summed E-state index contributed by atoms with van der Waals surface area (Å²) in [6, 6.07) is 10.9. The number of aryl methyl sites for hydroxylation is 2. The summed E-state index contributed by atoms with van der Waals surface area (Å²) in [6.45, 7) is 7.25. The Morgan fingerprint density at radius 3 is 2.75 bits per heavy atom. The molecule has 3 nitrogen and oxygen atoms in total. The van der Waals surface area contributed by atoms with Gasteiger partial charge in [0.2, 0.25) is 0 Å². The molecule has 0 radical (unpaired) electrons. The van der Waals surface area contributed by atoms with Crippen molar-refractivity contribution in [1.29, 1.82) is 0 Å². The van der Waals surface area contributed by atoms with Crippen LogP contribution in [0.2, 0.25) is 0 Å². The Labute approximate surface area is 123 Å². The highest BCUT2D eigenvalue weighted by atomic mass is 32.1. The first-order valence-electron chi connectivity index (χ1n) is 6.87. The van der Waals surface area contributed by atoms with E-state index in [0.717, 1.165) is 17.2 Å². The zero-order valence-electron chi connectivity index (χ0n) is 12.1. The number of benzene rings is 1. The third-order valence-electron chi connectivity index (χ3n) is 3.71. The molecular formula is C16H19N3S. The van der Waals surface area contributed by atoms with Gasteiger partial charge >= 0.3 is 0 Å². The van der Waals surface area contributed by atoms with E-state index in [2.05, 4.69) is 71.2 Å². The second kappa shape index (κ2) is 5.38. The maximum absolute atomic E-state index is 4.63. The monoisotopic (exact) mass is 285 g/mol. The van der Waals surface area contributed by atoms with Gasteiger partial charge in [-0.25, -0.2) is 4.98 Å². The molecule has 0 spiro atoms. The first-order valence-corrected chi connectivity index (χ1v) is 7.75. The maximum Gasteiger partial charge on any atom is 0.194 e. The highest BCUT2D eigenvalue weighted by Crippen LogP contribution is 2.21. The van der Waals surface area contributed by atoms with Gasteiger partial charge in [-0.1, -0.05) is 30.3 Å². The molecule has 20 heavy (non-hydrogen) atoms. The lowest BCUT2D eigenvalue weighted by atomic mass is 10.1. The number of fused-ring (bicyclic) bond motifs is 1. The second-order valence-corrected chi connectivity index (χ2v) is 5.99. The van der Waals surface area contributed by atoms with Crippen molar-refractivity contribution in [3.8, 4) is 0 Å². The summed E-state index contributed by atoms with van der Waals surface area (Å²) in [6.07, 6.45) is 0. The average molecular weight is 285 g/mol. The van der Waals surface area contributed by atoms with Gasteiger partial charge in [0.1, 0.15) is 0 Å². The Morgan fingerprint density at radius 2 is 2.00 bits per heavy atom. The number of hydrogen-bond donors (Lipinski definition) is 1. The molecule has 0 aliphatic heterocycles. The van der Waals surface area contributed by atoms with Crippen LogP contribution in [-0.2, 0) is 6.54 Å². The normalized spacial score (nSPS) is 12.9. The predicted octanol–water partition coefficient (Wildman–Crippen LogP) is 3.86. The molecule has 0 fully saturated rings. The molecule has 1 atom stereocenters. The number of nitrogens with one attached hydrogen (secondary N) is 1. The van der Waals surface area contributed by atoms with Crippen molar-refractivity contribution in [3.05, 3.63) is 58.4 Å². The topological polar surface area (TPSA) is 29.3 Å². The summed E-state index contributed by atoms with van der Waals surface area (Å²) in [5, 5.41) is 5.75. The van der Waals surface area contributed by atoms with E-state index in [-0.39, 0.29) is 0 Å². The zero-order valence-corrected chi connectivity index (χ0v) is 12.9. The van der Waals surface area contributed by atoms with E-state index in [4.69, 9.17) is 0 Å². The van der Waals surface area contributed by atoms with E-state index < -0.39 is 0 Å². The van der Waals surface area contributed by atoms with Crippen LogP contribution in [0.1, 0.15) is 35.6 Å². The fraction of sp³-hybridized carbons (Fsp3) is 0.312. The van der Waals surface area contributed by atoms with Crippen LogP contribution >= 0.6 is 11.3 Å². The van der Waals surface area contributed by atoms with Crippen LogP contribution in [0.15, 0.2) is 35.7 Å². The Bertz CT molecular complexity index is 712. The summed E-state index contributed by atoms with van der Waals surface area (Å²) in [5.41, 5.74) is 4.96. The fourth-order valence-electron chi connectivity index (χ4n) is 2.49. The average Bonchev–Trinajstić information content (AvgIpc) is 2.97. The molecule has 0 saturated heterocycles. The van der Waals surface area contributed by atoms with Crippen LogP contribution in [-0.4, -0.2) is 9.38 Å². The predicted molar refractivity (Wildman–Crippen MR) is 84.2 cm³/mol. The van der Waals surface area contributed by atoms with Crippen molar-refractivity contribution in [2.75, 3.05) is 0 Å². The molecule has 0 saturated carbocycles. The summed E-state index contributed by atoms with van der Waals surface area (Å²) < 4.78 is 2.25. The molecule has 1 aromatic carbocycles. The summed E-state index contributed by atoms with van der Waals surface area (Å²) in [4.78, 5) is 5.71. The number of hydrogen-bond acceptors (Lipinski definition) is 3. The molecule has 104 valence electrons. The lowest BCUT2D eigenvalue weighted by Crippen LogP contribution is -2.19. The lowest BCUT2D eigenvalue weighted by Gasteiger charge is -2.14. The molecule has 2 aromatic heterocycles. The SMILES string of the molecule is Cc1nc2scc(C)n2c1CN[C@@H](C)c1ccccc1. The highest BCUT2D eigenvalue weighted by Gasteiger charge is 2.13. The minimum atomic E-state index is 0.333. The van der Waals surface area contributed by atoms with E-state index in [1.807, 2.05) is 0 Å². The molecular weight excluding hydrogens is 266 g/mol. The molecule has 1 N–H and O–H groups in total. The third-order valence-corrected chi connectivity index (χ3v) is 4.65. The van der Waals surface area contributed by atoms with Gasteiger partial charge in [-0.05, 0) is 26.3 Å². The molecule has 0 aliphatic carbocycles. The van der Waals surface area contributed by atoms with Crippen molar-refractivity contribution in [3.63, 3.8) is 0 Å². The Hall–Kier alpha value is -1.65. The van der Waals surface area contributed by atoms with Crippen LogP contribution in [0.3, 0.4) is 0 Å². The smallest absolute Gasteiger partial charge is 0.194 e. The van der Waals surface area contributed by atoms with Crippen LogP contribution < -0.4 is 5.32 Å². The summed E-state index contributed by atoms with van der Waals surface area (Å²) in [7, 11) is 0. The molecule has 0 amide bonds. The highest BCUT2D eigenvalue weighted by molar-refractivity contribution is 7.15. The van der Waals surface area contributed by atoms with E-state index in [1.54, 1.807) is 11.3 Å². The van der Waals surface area contributed by atoms with Crippen LogP contribution in [0, 0.1) is 13.8 Å². The third kappa shape index (κ3) is 2.37. The molecule has 3 aromatic rings. The number of rotatable bonds is 4. The molecule has 3 rings (SSSR count). The largest absolute Gasteiger partial charge is 0.305 e. The minimum absolute atomic E-state index is 0.333. The van der Waals surface area contributed by atoms with Crippen molar-refractivity contribution >= 4 is 16.3 Å². The minimum Gasteiger partial charge on any atom is -0.305 e. The van der Waals surface area contributed by atoms with Gasteiger partial charge in [0.05, 0.1) is 11.4 Å². The van der Waals surface area contributed by atoms with E-state index in [0.29, 0.717) is 6.04 Å². The Kier molecular flexibility index (Phi) is 3.59. The molecule has 2 heterocycles. The van der Waals surface area contributed by atoms with Gasteiger partial charge in [-0.3, -0.25) is 4.40 Å². The van der Waals surface area contributed by atoms with Gasteiger partial charge in [0, 0.05) is 23.7 Å². The summed E-state index contributed by atoms with van der Waals surface area (Å²) in [5.74, 6) is 0. The van der Waals surface area contributed by atoms with E-state index in [9.17, 15) is 0 Å². The first-order chi connectivity index (χ1) is 9.66. The molecule has 4 heteroatoms.